The normalized spacial score (nSPS) is 10.5. The van der Waals surface area contributed by atoms with Gasteiger partial charge in [-0.1, -0.05) is 37.6 Å². The predicted octanol–water partition coefficient (Wildman–Crippen LogP) is 4.03. The molecule has 0 aliphatic rings. The second kappa shape index (κ2) is 5.00. The standard InChI is InChI=1S/C15H16FN/c1-2-4-11-5-3-6-12(9-11)14-10-13(17)7-8-15(14)16/h3,5-10H,2,4,17H2,1H3. The van der Waals surface area contributed by atoms with Crippen molar-refractivity contribution in [2.24, 2.45) is 0 Å². The third-order valence-corrected chi connectivity index (χ3v) is 2.77. The molecule has 2 aromatic rings. The molecule has 2 heteroatoms. The van der Waals surface area contributed by atoms with Crippen LogP contribution in [0.25, 0.3) is 11.1 Å². The smallest absolute Gasteiger partial charge is 0.131 e. The van der Waals surface area contributed by atoms with Gasteiger partial charge in [0.2, 0.25) is 0 Å². The molecule has 1 nitrogen and oxygen atoms in total. The topological polar surface area (TPSA) is 26.0 Å². The number of anilines is 1. The van der Waals surface area contributed by atoms with Gasteiger partial charge in [-0.15, -0.1) is 0 Å². The lowest BCUT2D eigenvalue weighted by molar-refractivity contribution is 0.631. The van der Waals surface area contributed by atoms with Crippen molar-refractivity contribution >= 4 is 5.69 Å². The van der Waals surface area contributed by atoms with Crippen LogP contribution in [0.1, 0.15) is 18.9 Å². The minimum Gasteiger partial charge on any atom is -0.399 e. The summed E-state index contributed by atoms with van der Waals surface area (Å²) in [5.41, 5.74) is 8.97. The van der Waals surface area contributed by atoms with Crippen LogP contribution in [-0.2, 0) is 6.42 Å². The molecule has 0 saturated carbocycles. The summed E-state index contributed by atoms with van der Waals surface area (Å²) >= 11 is 0. The number of halogens is 1. The zero-order valence-corrected chi connectivity index (χ0v) is 9.91. The van der Waals surface area contributed by atoms with Gasteiger partial charge in [0.05, 0.1) is 0 Å². The third kappa shape index (κ3) is 2.64. The average Bonchev–Trinajstić information content (AvgIpc) is 2.33. The highest BCUT2D eigenvalue weighted by Crippen LogP contribution is 2.26. The Bertz CT molecular complexity index is 520. The van der Waals surface area contributed by atoms with E-state index < -0.39 is 0 Å². The zero-order valence-electron chi connectivity index (χ0n) is 9.91. The van der Waals surface area contributed by atoms with Gasteiger partial charge in [-0.2, -0.15) is 0 Å². The highest BCUT2D eigenvalue weighted by atomic mass is 19.1. The first-order chi connectivity index (χ1) is 8.20. The minimum absolute atomic E-state index is 0.229. The van der Waals surface area contributed by atoms with Crippen molar-refractivity contribution < 1.29 is 4.39 Å². The summed E-state index contributed by atoms with van der Waals surface area (Å²) in [7, 11) is 0. The van der Waals surface area contributed by atoms with Gasteiger partial charge >= 0.3 is 0 Å². The first kappa shape index (κ1) is 11.6. The molecular weight excluding hydrogens is 213 g/mol. The summed E-state index contributed by atoms with van der Waals surface area (Å²) in [6.45, 7) is 2.13. The van der Waals surface area contributed by atoms with E-state index in [1.54, 1.807) is 12.1 Å². The Balaban J connectivity index is 2.45. The largest absolute Gasteiger partial charge is 0.399 e. The number of hydrogen-bond acceptors (Lipinski definition) is 1. The molecule has 2 N–H and O–H groups in total. The molecule has 2 aromatic carbocycles. The third-order valence-electron chi connectivity index (χ3n) is 2.77. The van der Waals surface area contributed by atoms with Crippen LogP contribution >= 0.6 is 0 Å². The Hall–Kier alpha value is -1.83. The molecule has 0 heterocycles. The maximum Gasteiger partial charge on any atom is 0.131 e. The van der Waals surface area contributed by atoms with Gasteiger partial charge in [0, 0.05) is 11.3 Å². The fraction of sp³-hybridized carbons (Fsp3) is 0.200. The Morgan fingerprint density at radius 2 is 1.94 bits per heavy atom. The van der Waals surface area contributed by atoms with E-state index in [1.807, 2.05) is 18.2 Å². The van der Waals surface area contributed by atoms with Gasteiger partial charge in [0.1, 0.15) is 5.82 Å². The van der Waals surface area contributed by atoms with E-state index in [-0.39, 0.29) is 5.82 Å². The predicted molar refractivity (Wildman–Crippen MR) is 70.2 cm³/mol. The Morgan fingerprint density at radius 3 is 2.71 bits per heavy atom. The van der Waals surface area contributed by atoms with E-state index in [4.69, 9.17) is 5.73 Å². The molecule has 2 rings (SSSR count). The lowest BCUT2D eigenvalue weighted by Crippen LogP contribution is -1.91. The van der Waals surface area contributed by atoms with E-state index in [1.165, 1.54) is 11.6 Å². The number of aryl methyl sites for hydroxylation is 1. The highest BCUT2D eigenvalue weighted by molar-refractivity contribution is 5.68. The first-order valence-electron chi connectivity index (χ1n) is 5.85. The van der Waals surface area contributed by atoms with E-state index >= 15 is 0 Å². The van der Waals surface area contributed by atoms with Crippen molar-refractivity contribution in [1.82, 2.24) is 0 Å². The molecule has 0 aromatic heterocycles. The molecule has 0 bridgehead atoms. The van der Waals surface area contributed by atoms with Crippen molar-refractivity contribution in [3.05, 3.63) is 53.8 Å². The molecule has 88 valence electrons. The SMILES string of the molecule is CCCc1cccc(-c2cc(N)ccc2F)c1. The van der Waals surface area contributed by atoms with Gasteiger partial charge in [0.15, 0.2) is 0 Å². The minimum atomic E-state index is -0.229. The highest BCUT2D eigenvalue weighted by Gasteiger charge is 2.05. The molecule has 0 radical (unpaired) electrons. The van der Waals surface area contributed by atoms with E-state index in [2.05, 4.69) is 13.0 Å². The molecular formula is C15H16FN. The lowest BCUT2D eigenvalue weighted by atomic mass is 10.0. The molecule has 0 unspecified atom stereocenters. The van der Waals surface area contributed by atoms with Gasteiger partial charge in [-0.3, -0.25) is 0 Å². The average molecular weight is 229 g/mol. The summed E-state index contributed by atoms with van der Waals surface area (Å²) in [5, 5.41) is 0. The van der Waals surface area contributed by atoms with Crippen molar-refractivity contribution in [2.75, 3.05) is 5.73 Å². The summed E-state index contributed by atoms with van der Waals surface area (Å²) in [6, 6.07) is 12.6. The maximum absolute atomic E-state index is 13.7. The molecule has 0 aliphatic heterocycles. The van der Waals surface area contributed by atoms with Crippen LogP contribution in [0.2, 0.25) is 0 Å². The number of nitrogen functional groups attached to an aromatic ring is 1. The van der Waals surface area contributed by atoms with Crippen LogP contribution < -0.4 is 5.73 Å². The van der Waals surface area contributed by atoms with Crippen molar-refractivity contribution in [3.8, 4) is 11.1 Å². The second-order valence-corrected chi connectivity index (χ2v) is 4.19. The Labute approximate surface area is 101 Å². The van der Waals surface area contributed by atoms with Crippen LogP contribution in [-0.4, -0.2) is 0 Å². The number of nitrogens with two attached hydrogens (primary N) is 1. The van der Waals surface area contributed by atoms with E-state index in [0.29, 0.717) is 11.3 Å². The van der Waals surface area contributed by atoms with Crippen LogP contribution in [0, 0.1) is 5.82 Å². The first-order valence-corrected chi connectivity index (χ1v) is 5.85. The molecule has 0 aliphatic carbocycles. The molecule has 0 amide bonds. The Morgan fingerprint density at radius 1 is 1.12 bits per heavy atom. The lowest BCUT2D eigenvalue weighted by Gasteiger charge is -2.07. The Kier molecular flexibility index (Phi) is 3.43. The van der Waals surface area contributed by atoms with Crippen LogP contribution in [0.4, 0.5) is 10.1 Å². The van der Waals surface area contributed by atoms with Gasteiger partial charge in [0.25, 0.3) is 0 Å². The zero-order chi connectivity index (χ0) is 12.3. The summed E-state index contributed by atoms with van der Waals surface area (Å²) < 4.78 is 13.7. The molecule has 17 heavy (non-hydrogen) atoms. The summed E-state index contributed by atoms with van der Waals surface area (Å²) in [4.78, 5) is 0. The fourth-order valence-corrected chi connectivity index (χ4v) is 1.95. The second-order valence-electron chi connectivity index (χ2n) is 4.19. The van der Waals surface area contributed by atoms with Gasteiger partial charge in [-0.25, -0.2) is 4.39 Å². The number of benzene rings is 2. The number of hydrogen-bond donors (Lipinski definition) is 1. The van der Waals surface area contributed by atoms with E-state index in [0.717, 1.165) is 18.4 Å². The molecule has 0 atom stereocenters. The monoisotopic (exact) mass is 229 g/mol. The van der Waals surface area contributed by atoms with Gasteiger partial charge < -0.3 is 5.73 Å². The van der Waals surface area contributed by atoms with Crippen molar-refractivity contribution in [2.45, 2.75) is 19.8 Å². The molecule has 0 saturated heterocycles. The quantitative estimate of drug-likeness (QED) is 0.790. The fourth-order valence-electron chi connectivity index (χ4n) is 1.95. The molecule has 0 fully saturated rings. The van der Waals surface area contributed by atoms with Crippen LogP contribution in [0.3, 0.4) is 0 Å². The summed E-state index contributed by atoms with van der Waals surface area (Å²) in [5.74, 6) is -0.229. The van der Waals surface area contributed by atoms with Crippen LogP contribution in [0.15, 0.2) is 42.5 Å². The van der Waals surface area contributed by atoms with Crippen molar-refractivity contribution in [1.29, 1.82) is 0 Å². The summed E-state index contributed by atoms with van der Waals surface area (Å²) in [6.07, 6.45) is 2.10. The maximum atomic E-state index is 13.7. The van der Waals surface area contributed by atoms with Crippen molar-refractivity contribution in [3.63, 3.8) is 0 Å². The van der Waals surface area contributed by atoms with Gasteiger partial charge in [-0.05, 0) is 35.7 Å². The number of rotatable bonds is 3. The van der Waals surface area contributed by atoms with E-state index in [9.17, 15) is 4.39 Å². The molecule has 0 spiro atoms. The van der Waals surface area contributed by atoms with Crippen LogP contribution in [0.5, 0.6) is 0 Å².